The maximum atomic E-state index is 14.4. The molecule has 1 aliphatic carbocycles. The number of benzene rings is 4. The lowest BCUT2D eigenvalue weighted by Gasteiger charge is -2.34. The highest BCUT2D eigenvalue weighted by Gasteiger charge is 2.41. The number of carbonyl (C=O) groups is 3. The molecule has 17 heteroatoms. The van der Waals surface area contributed by atoms with Crippen molar-refractivity contribution in [3.63, 3.8) is 0 Å². The summed E-state index contributed by atoms with van der Waals surface area (Å²) in [7, 11) is -2.44. The van der Waals surface area contributed by atoms with Crippen LogP contribution in [0.2, 0.25) is 0 Å². The first-order valence-electron chi connectivity index (χ1n) is 22.6. The Hall–Kier alpha value is -6.01. The number of rotatable bonds is 21. The monoisotopic (exact) mass is 949 g/mol. The Morgan fingerprint density at radius 1 is 0.896 bits per heavy atom. The number of hydrogen-bond acceptors (Lipinski definition) is 11. The maximum absolute atomic E-state index is 14.4. The van der Waals surface area contributed by atoms with E-state index in [0.717, 1.165) is 27.8 Å². The second-order valence-electron chi connectivity index (χ2n) is 18.0. The molecule has 0 bridgehead atoms. The average Bonchev–Trinajstić information content (AvgIpc) is 4.00. The molecule has 0 saturated carbocycles. The van der Waals surface area contributed by atoms with Gasteiger partial charge in [-0.1, -0.05) is 124 Å². The van der Waals surface area contributed by atoms with Crippen LogP contribution in [0.25, 0.3) is 11.1 Å². The van der Waals surface area contributed by atoms with Crippen molar-refractivity contribution in [2.24, 2.45) is 17.0 Å². The van der Waals surface area contributed by atoms with Crippen molar-refractivity contribution in [3.05, 3.63) is 146 Å². The van der Waals surface area contributed by atoms with Crippen LogP contribution in [0.3, 0.4) is 0 Å². The molecule has 4 aromatic carbocycles. The van der Waals surface area contributed by atoms with Crippen molar-refractivity contribution < 1.29 is 32.6 Å². The lowest BCUT2D eigenvalue weighted by molar-refractivity contribution is -0.128. The van der Waals surface area contributed by atoms with E-state index in [9.17, 15) is 32.8 Å². The maximum Gasteiger partial charge on any atom is 0.409 e. The largest absolute Gasteiger partial charge is 0.448 e. The predicted molar refractivity (Wildman–Crippen MR) is 257 cm³/mol. The molecule has 0 spiro atoms. The van der Waals surface area contributed by atoms with Gasteiger partial charge in [-0.05, 0) is 63.8 Å². The van der Waals surface area contributed by atoms with Gasteiger partial charge in [0.2, 0.25) is 15.9 Å². The van der Waals surface area contributed by atoms with E-state index in [1.54, 1.807) is 16.8 Å². The van der Waals surface area contributed by atoms with Crippen LogP contribution < -0.4 is 5.32 Å². The zero-order valence-electron chi connectivity index (χ0n) is 38.5. The number of nitrogens with one attached hydrogen (secondary N) is 1. The second-order valence-corrected chi connectivity index (χ2v) is 20.9. The fourth-order valence-electron chi connectivity index (χ4n) is 8.90. The van der Waals surface area contributed by atoms with E-state index in [1.807, 2.05) is 87.7 Å². The molecule has 5 aromatic rings. The number of sulfonamides is 1. The van der Waals surface area contributed by atoms with Crippen molar-refractivity contribution in [3.8, 4) is 11.1 Å². The molecule has 2 N–H and O–H groups in total. The molecule has 1 saturated heterocycles. The van der Waals surface area contributed by atoms with E-state index < -0.39 is 40.2 Å². The van der Waals surface area contributed by atoms with Gasteiger partial charge < -0.3 is 29.9 Å². The molecule has 7 rings (SSSR count). The molecule has 0 unspecified atom stereocenters. The first kappa shape index (κ1) is 48.9. The first-order valence-corrected chi connectivity index (χ1v) is 24.9. The second kappa shape index (κ2) is 21.7. The Morgan fingerprint density at radius 2 is 1.54 bits per heavy atom. The van der Waals surface area contributed by atoms with Crippen LogP contribution >= 0.6 is 11.3 Å². The summed E-state index contributed by atoms with van der Waals surface area (Å²) >= 11 is 1.39. The standard InChI is InChI=1S/C50H59N7O8S2/c1-33(2)27-56(67(63,64)38-21-19-36(20-22-38)26-51-62)29-45(58)44(25-35-13-7-6-8-14-35)53-48(59)47(34(3)4)57-24-23-55(49(57)60)28-37-32-66-46(52-37)30-54(5)50(61)65-31-43-41-17-11-9-15-39(41)40-16-10-12-18-42(40)43/h6-22,32-34,43-45,47,58H,23-31H2,1-5H3,(H,53,59)/t44-,45+,47-/m0/s1. The molecule has 354 valence electrons. The minimum atomic E-state index is -4.10. The van der Waals surface area contributed by atoms with Crippen LogP contribution in [-0.2, 0) is 45.6 Å². The molecular formula is C50H59N7O8S2. The average molecular weight is 950 g/mol. The van der Waals surface area contributed by atoms with Crippen LogP contribution in [0.5, 0.6) is 0 Å². The van der Waals surface area contributed by atoms with Gasteiger partial charge in [0.1, 0.15) is 24.2 Å². The third kappa shape index (κ3) is 11.6. The zero-order chi connectivity index (χ0) is 47.8. The highest BCUT2D eigenvalue weighted by molar-refractivity contribution is 7.89. The predicted octanol–water partition coefficient (Wildman–Crippen LogP) is 7.49. The number of hydrogen-bond donors (Lipinski definition) is 2. The molecule has 1 aliphatic heterocycles. The Morgan fingerprint density at radius 3 is 2.16 bits per heavy atom. The van der Waals surface area contributed by atoms with Gasteiger partial charge in [0.05, 0.1) is 35.8 Å². The van der Waals surface area contributed by atoms with E-state index in [1.165, 1.54) is 44.8 Å². The number of aliphatic hydroxyl groups excluding tert-OH is 1. The number of aliphatic hydroxyl groups is 1. The summed E-state index contributed by atoms with van der Waals surface area (Å²) in [6, 6.07) is 29.4. The molecule has 4 amide bonds. The fourth-order valence-corrected chi connectivity index (χ4v) is 11.4. The van der Waals surface area contributed by atoms with E-state index in [-0.39, 0.29) is 81.0 Å². The summed E-state index contributed by atoms with van der Waals surface area (Å²) in [5, 5.41) is 20.4. The van der Waals surface area contributed by atoms with E-state index in [4.69, 9.17) is 9.72 Å². The summed E-state index contributed by atoms with van der Waals surface area (Å²) in [5.41, 5.74) is 6.62. The van der Waals surface area contributed by atoms with Gasteiger partial charge in [0.25, 0.3) is 0 Å². The van der Waals surface area contributed by atoms with Crippen LogP contribution in [-0.4, -0.2) is 114 Å². The smallest absolute Gasteiger partial charge is 0.409 e. The number of aromatic nitrogens is 1. The number of nitrogens with zero attached hydrogens (tertiary/aromatic N) is 6. The SMILES string of the molecule is CC(C)CN(C[C@@H](O)[C@H](Cc1ccccc1)NC(=O)[C@H](C(C)C)N1CCN(Cc2csc(CN(C)C(=O)OCC3c4ccccc4-c4ccccc43)n2)C1=O)S(=O)(=O)c1ccc(CN=O)cc1. The number of urea groups is 1. The topological polar surface area (TPSA) is 182 Å². The van der Waals surface area contributed by atoms with Gasteiger partial charge in [0.15, 0.2) is 0 Å². The molecule has 15 nitrogen and oxygen atoms in total. The molecule has 2 aliphatic rings. The number of thiazole rings is 1. The number of fused-ring (bicyclic) bond motifs is 3. The number of carbonyl (C=O) groups excluding carboxylic acids is 3. The first-order chi connectivity index (χ1) is 32.1. The van der Waals surface area contributed by atoms with Crippen molar-refractivity contribution in [1.82, 2.24) is 29.3 Å². The molecule has 1 fully saturated rings. The van der Waals surface area contributed by atoms with Gasteiger partial charge in [-0.2, -0.15) is 9.21 Å². The Kier molecular flexibility index (Phi) is 15.9. The minimum Gasteiger partial charge on any atom is -0.448 e. The Labute approximate surface area is 396 Å². The molecular weight excluding hydrogens is 891 g/mol. The van der Waals surface area contributed by atoms with Crippen molar-refractivity contribution >= 4 is 39.4 Å². The van der Waals surface area contributed by atoms with Crippen LogP contribution in [0.4, 0.5) is 9.59 Å². The van der Waals surface area contributed by atoms with Crippen molar-refractivity contribution in [2.75, 3.05) is 39.8 Å². The summed E-state index contributed by atoms with van der Waals surface area (Å²) < 4.78 is 35.1. The van der Waals surface area contributed by atoms with Crippen molar-refractivity contribution in [1.29, 1.82) is 0 Å². The molecule has 1 aromatic heterocycles. The highest BCUT2D eigenvalue weighted by Crippen LogP contribution is 2.44. The number of nitroso groups, excluding NO2 is 1. The Balaban J connectivity index is 0.980. The van der Waals surface area contributed by atoms with Crippen LogP contribution in [0.1, 0.15) is 66.6 Å². The Bertz CT molecular complexity index is 2580. The van der Waals surface area contributed by atoms with Gasteiger partial charge in [-0.15, -0.1) is 11.3 Å². The van der Waals surface area contributed by atoms with Gasteiger partial charge in [-0.3, -0.25) is 4.79 Å². The van der Waals surface area contributed by atoms with Gasteiger partial charge in [0, 0.05) is 44.5 Å². The molecule has 0 radical (unpaired) electrons. The summed E-state index contributed by atoms with van der Waals surface area (Å²) in [5.74, 6) is -0.925. The van der Waals surface area contributed by atoms with Gasteiger partial charge in [-0.25, -0.2) is 23.0 Å². The lowest BCUT2D eigenvalue weighted by atomic mass is 9.97. The molecule has 67 heavy (non-hydrogen) atoms. The summed E-state index contributed by atoms with van der Waals surface area (Å²) in [6.07, 6.45) is -1.60. The minimum absolute atomic E-state index is 0.00497. The third-order valence-electron chi connectivity index (χ3n) is 12.2. The quantitative estimate of drug-likeness (QED) is 0.0705. The summed E-state index contributed by atoms with van der Waals surface area (Å²) in [6.45, 7) is 8.45. The van der Waals surface area contributed by atoms with Gasteiger partial charge >= 0.3 is 12.1 Å². The molecule has 3 atom stereocenters. The van der Waals surface area contributed by atoms with Crippen LogP contribution in [0.15, 0.2) is 119 Å². The zero-order valence-corrected chi connectivity index (χ0v) is 40.2. The van der Waals surface area contributed by atoms with E-state index >= 15 is 0 Å². The molecule has 2 heterocycles. The van der Waals surface area contributed by atoms with E-state index in [2.05, 4.69) is 34.8 Å². The summed E-state index contributed by atoms with van der Waals surface area (Å²) in [4.78, 5) is 61.9. The van der Waals surface area contributed by atoms with Crippen LogP contribution in [0, 0.1) is 16.7 Å². The lowest BCUT2D eigenvalue weighted by Crippen LogP contribution is -2.57. The highest BCUT2D eigenvalue weighted by atomic mass is 32.2. The third-order valence-corrected chi connectivity index (χ3v) is 14.9. The number of amides is 4. The number of ether oxygens (including phenoxy) is 1. The normalized spacial score (nSPS) is 15.1. The fraction of sp³-hybridized carbons (Fsp3) is 0.400. The van der Waals surface area contributed by atoms with Crippen molar-refractivity contribution in [2.45, 2.75) is 82.8 Å². The van der Waals surface area contributed by atoms with E-state index in [0.29, 0.717) is 22.8 Å².